The zero-order chi connectivity index (χ0) is 15.1. The first-order valence-corrected chi connectivity index (χ1v) is 7.07. The molecule has 21 heavy (non-hydrogen) atoms. The van der Waals surface area contributed by atoms with Gasteiger partial charge in [-0.05, 0) is 36.5 Å². The van der Waals surface area contributed by atoms with Gasteiger partial charge in [-0.3, -0.25) is 4.79 Å². The minimum atomic E-state index is -0.895. The minimum absolute atomic E-state index is 0.0590. The molecule has 2 rings (SSSR count). The number of amides is 2. The van der Waals surface area contributed by atoms with Gasteiger partial charge in [0.2, 0.25) is 0 Å². The first-order chi connectivity index (χ1) is 10.1. The quantitative estimate of drug-likeness (QED) is 0.773. The van der Waals surface area contributed by atoms with Crippen LogP contribution in [0.4, 0.5) is 10.5 Å². The summed E-state index contributed by atoms with van der Waals surface area (Å²) in [7, 11) is 0. The lowest BCUT2D eigenvalue weighted by Gasteiger charge is -2.22. The lowest BCUT2D eigenvalue weighted by Crippen LogP contribution is -2.35. The van der Waals surface area contributed by atoms with Gasteiger partial charge in [-0.25, -0.2) is 4.79 Å². The Morgan fingerprint density at radius 3 is 2.95 bits per heavy atom. The summed E-state index contributed by atoms with van der Waals surface area (Å²) in [5.41, 5.74) is 1.24. The lowest BCUT2D eigenvalue weighted by molar-refractivity contribution is -0.136. The van der Waals surface area contributed by atoms with E-state index in [0.717, 1.165) is 19.4 Å². The zero-order valence-electron chi connectivity index (χ0n) is 11.8. The molecule has 0 aliphatic carbocycles. The molecule has 1 unspecified atom stereocenters. The SMILES string of the molecule is O=C(O)Cc1cccc(NC(=O)NCC2CCCOC2)c1. The lowest BCUT2D eigenvalue weighted by atomic mass is 10.0. The fourth-order valence-corrected chi connectivity index (χ4v) is 2.31. The average molecular weight is 292 g/mol. The Balaban J connectivity index is 1.80. The van der Waals surface area contributed by atoms with Crippen molar-refractivity contribution < 1.29 is 19.4 Å². The van der Waals surface area contributed by atoms with Crippen LogP contribution in [0.15, 0.2) is 24.3 Å². The topological polar surface area (TPSA) is 87.7 Å². The highest BCUT2D eigenvalue weighted by Crippen LogP contribution is 2.13. The molecule has 0 radical (unpaired) electrons. The van der Waals surface area contributed by atoms with Crippen molar-refractivity contribution in [1.82, 2.24) is 5.32 Å². The van der Waals surface area contributed by atoms with Crippen molar-refractivity contribution >= 4 is 17.7 Å². The summed E-state index contributed by atoms with van der Waals surface area (Å²) in [5.74, 6) is -0.531. The van der Waals surface area contributed by atoms with Crippen LogP contribution >= 0.6 is 0 Å². The van der Waals surface area contributed by atoms with Gasteiger partial charge in [0, 0.05) is 18.8 Å². The molecule has 1 aliphatic heterocycles. The largest absolute Gasteiger partial charge is 0.481 e. The molecule has 6 nitrogen and oxygen atoms in total. The Labute approximate surface area is 123 Å². The maximum atomic E-state index is 11.8. The number of carboxylic acid groups (broad SMARTS) is 1. The van der Waals surface area contributed by atoms with E-state index in [1.807, 2.05) is 0 Å². The molecule has 1 heterocycles. The third-order valence-corrected chi connectivity index (χ3v) is 3.35. The number of aliphatic carboxylic acids is 1. The molecule has 3 N–H and O–H groups in total. The van der Waals surface area contributed by atoms with Crippen molar-refractivity contribution in [3.8, 4) is 0 Å². The van der Waals surface area contributed by atoms with Gasteiger partial charge < -0.3 is 20.5 Å². The molecule has 1 aromatic rings. The molecule has 1 fully saturated rings. The predicted octanol–water partition coefficient (Wildman–Crippen LogP) is 1.86. The van der Waals surface area contributed by atoms with E-state index in [2.05, 4.69) is 10.6 Å². The van der Waals surface area contributed by atoms with Crippen LogP contribution in [0.2, 0.25) is 0 Å². The van der Waals surface area contributed by atoms with E-state index in [4.69, 9.17) is 9.84 Å². The van der Waals surface area contributed by atoms with Crippen LogP contribution in [0.25, 0.3) is 0 Å². The van der Waals surface area contributed by atoms with E-state index in [-0.39, 0.29) is 12.5 Å². The summed E-state index contributed by atoms with van der Waals surface area (Å²) < 4.78 is 5.36. The Bertz CT molecular complexity index is 498. The molecular weight excluding hydrogens is 272 g/mol. The molecule has 0 aromatic heterocycles. The smallest absolute Gasteiger partial charge is 0.319 e. The summed E-state index contributed by atoms with van der Waals surface area (Å²) in [6.45, 7) is 2.08. The average Bonchev–Trinajstić information content (AvgIpc) is 2.46. The minimum Gasteiger partial charge on any atom is -0.481 e. The van der Waals surface area contributed by atoms with Crippen LogP contribution in [0.3, 0.4) is 0 Å². The number of hydrogen-bond donors (Lipinski definition) is 3. The number of anilines is 1. The Kier molecular flexibility index (Phi) is 5.57. The second-order valence-electron chi connectivity index (χ2n) is 5.19. The normalized spacial score (nSPS) is 18.0. The number of carbonyl (C=O) groups is 2. The summed E-state index contributed by atoms with van der Waals surface area (Å²) in [4.78, 5) is 22.5. The van der Waals surface area contributed by atoms with Crippen molar-refractivity contribution in [2.75, 3.05) is 25.1 Å². The van der Waals surface area contributed by atoms with Gasteiger partial charge >= 0.3 is 12.0 Å². The molecule has 114 valence electrons. The van der Waals surface area contributed by atoms with Crippen LogP contribution < -0.4 is 10.6 Å². The van der Waals surface area contributed by atoms with Crippen LogP contribution in [0.1, 0.15) is 18.4 Å². The molecule has 1 saturated heterocycles. The van der Waals surface area contributed by atoms with Crippen molar-refractivity contribution in [3.05, 3.63) is 29.8 Å². The molecule has 0 saturated carbocycles. The van der Waals surface area contributed by atoms with E-state index in [1.165, 1.54) is 0 Å². The number of ether oxygens (including phenoxy) is 1. The molecule has 0 bridgehead atoms. The van der Waals surface area contributed by atoms with Crippen molar-refractivity contribution in [3.63, 3.8) is 0 Å². The predicted molar refractivity (Wildman–Crippen MR) is 78.3 cm³/mol. The van der Waals surface area contributed by atoms with Crippen LogP contribution in [0.5, 0.6) is 0 Å². The molecule has 1 atom stereocenters. The van der Waals surface area contributed by atoms with Crippen molar-refractivity contribution in [2.45, 2.75) is 19.3 Å². The number of hydrogen-bond acceptors (Lipinski definition) is 3. The van der Waals surface area contributed by atoms with Gasteiger partial charge in [-0.2, -0.15) is 0 Å². The van der Waals surface area contributed by atoms with Crippen LogP contribution in [-0.4, -0.2) is 36.9 Å². The van der Waals surface area contributed by atoms with E-state index in [0.29, 0.717) is 30.3 Å². The van der Waals surface area contributed by atoms with Gasteiger partial charge in [-0.15, -0.1) is 0 Å². The van der Waals surface area contributed by atoms with Crippen LogP contribution in [0, 0.1) is 5.92 Å². The Morgan fingerprint density at radius 1 is 1.38 bits per heavy atom. The second kappa shape index (κ2) is 7.64. The van der Waals surface area contributed by atoms with E-state index < -0.39 is 5.97 Å². The van der Waals surface area contributed by atoms with Crippen molar-refractivity contribution in [1.29, 1.82) is 0 Å². The zero-order valence-corrected chi connectivity index (χ0v) is 11.8. The number of urea groups is 1. The highest BCUT2D eigenvalue weighted by molar-refractivity contribution is 5.89. The van der Waals surface area contributed by atoms with Gasteiger partial charge in [0.15, 0.2) is 0 Å². The van der Waals surface area contributed by atoms with E-state index >= 15 is 0 Å². The maximum Gasteiger partial charge on any atom is 0.319 e. The summed E-state index contributed by atoms with van der Waals surface area (Å²) in [5, 5.41) is 14.3. The van der Waals surface area contributed by atoms with E-state index in [9.17, 15) is 9.59 Å². The number of rotatable bonds is 5. The molecular formula is C15H20N2O4. The van der Waals surface area contributed by atoms with Gasteiger partial charge in [-0.1, -0.05) is 12.1 Å². The monoisotopic (exact) mass is 292 g/mol. The van der Waals surface area contributed by atoms with Gasteiger partial charge in [0.05, 0.1) is 13.0 Å². The first kappa shape index (κ1) is 15.3. The fourth-order valence-electron chi connectivity index (χ4n) is 2.31. The number of carboxylic acids is 1. The highest BCUT2D eigenvalue weighted by atomic mass is 16.5. The van der Waals surface area contributed by atoms with Gasteiger partial charge in [0.1, 0.15) is 0 Å². The number of benzene rings is 1. The molecule has 1 aromatic carbocycles. The molecule has 6 heteroatoms. The number of nitrogens with one attached hydrogen (secondary N) is 2. The Hall–Kier alpha value is -2.08. The van der Waals surface area contributed by atoms with Gasteiger partial charge in [0.25, 0.3) is 0 Å². The summed E-state index contributed by atoms with van der Waals surface area (Å²) in [6, 6.07) is 6.55. The Morgan fingerprint density at radius 2 is 2.24 bits per heavy atom. The molecule has 1 aliphatic rings. The van der Waals surface area contributed by atoms with Crippen molar-refractivity contribution in [2.24, 2.45) is 5.92 Å². The molecule has 0 spiro atoms. The van der Waals surface area contributed by atoms with E-state index in [1.54, 1.807) is 24.3 Å². The third kappa shape index (κ3) is 5.43. The maximum absolute atomic E-state index is 11.8. The fraction of sp³-hybridized carbons (Fsp3) is 0.467. The standard InChI is InChI=1S/C15H20N2O4/c18-14(19)8-11-3-1-5-13(7-11)17-15(20)16-9-12-4-2-6-21-10-12/h1,3,5,7,12H,2,4,6,8-10H2,(H,18,19)(H2,16,17,20). The number of carbonyl (C=O) groups excluding carboxylic acids is 1. The summed E-state index contributed by atoms with van der Waals surface area (Å²) >= 11 is 0. The third-order valence-electron chi connectivity index (χ3n) is 3.35. The molecule has 2 amide bonds. The van der Waals surface area contributed by atoms with Crippen LogP contribution in [-0.2, 0) is 16.0 Å². The highest BCUT2D eigenvalue weighted by Gasteiger charge is 2.14. The second-order valence-corrected chi connectivity index (χ2v) is 5.19. The summed E-state index contributed by atoms with van der Waals surface area (Å²) in [6.07, 6.45) is 2.04. The first-order valence-electron chi connectivity index (χ1n) is 7.07.